The first-order chi connectivity index (χ1) is 7.75. The quantitative estimate of drug-likeness (QED) is 0.581. The molecule has 0 aliphatic carbocycles. The first kappa shape index (κ1) is 10.4. The minimum Gasteiger partial charge on any atom is -0.337 e. The molecule has 0 saturated carbocycles. The molecule has 0 amide bonds. The standard InChI is InChI=1S/C11H11N3O2/c15-14(16)11-3-1-10(2-4-11)5-7-13-8-6-12-9-13/h1-4,6,8-9H,5,7H2. The van der Waals surface area contributed by atoms with Crippen LogP contribution in [0, 0.1) is 10.1 Å². The van der Waals surface area contributed by atoms with Gasteiger partial charge in [0.2, 0.25) is 0 Å². The molecular weight excluding hydrogens is 206 g/mol. The minimum absolute atomic E-state index is 0.131. The molecule has 5 heteroatoms. The third-order valence-corrected chi connectivity index (χ3v) is 2.37. The summed E-state index contributed by atoms with van der Waals surface area (Å²) in [6, 6.07) is 6.64. The van der Waals surface area contributed by atoms with E-state index in [0.717, 1.165) is 18.5 Å². The smallest absolute Gasteiger partial charge is 0.269 e. The Labute approximate surface area is 92.5 Å². The van der Waals surface area contributed by atoms with E-state index in [2.05, 4.69) is 4.98 Å². The first-order valence-corrected chi connectivity index (χ1v) is 4.95. The number of nitrogens with zero attached hydrogens (tertiary/aromatic N) is 3. The van der Waals surface area contributed by atoms with Crippen molar-refractivity contribution in [2.24, 2.45) is 0 Å². The number of non-ortho nitro benzene ring substituents is 1. The summed E-state index contributed by atoms with van der Waals surface area (Å²) in [4.78, 5) is 14.0. The molecule has 0 fully saturated rings. The summed E-state index contributed by atoms with van der Waals surface area (Å²) in [6.45, 7) is 0.831. The van der Waals surface area contributed by atoms with E-state index < -0.39 is 0 Å². The van der Waals surface area contributed by atoms with Gasteiger partial charge in [-0.25, -0.2) is 4.98 Å². The third kappa shape index (κ3) is 2.44. The number of imidazole rings is 1. The first-order valence-electron chi connectivity index (χ1n) is 4.95. The van der Waals surface area contributed by atoms with Crippen LogP contribution in [0.3, 0.4) is 0 Å². The van der Waals surface area contributed by atoms with Gasteiger partial charge in [0.15, 0.2) is 0 Å². The molecule has 1 aromatic heterocycles. The van der Waals surface area contributed by atoms with Crippen LogP contribution in [0.1, 0.15) is 5.56 Å². The molecule has 0 saturated heterocycles. The lowest BCUT2D eigenvalue weighted by Crippen LogP contribution is -1.98. The molecule has 0 bridgehead atoms. The Kier molecular flexibility index (Phi) is 2.95. The summed E-state index contributed by atoms with van der Waals surface area (Å²) < 4.78 is 1.97. The lowest BCUT2D eigenvalue weighted by molar-refractivity contribution is -0.384. The molecule has 5 nitrogen and oxygen atoms in total. The summed E-state index contributed by atoms with van der Waals surface area (Å²) in [5.41, 5.74) is 1.21. The van der Waals surface area contributed by atoms with Crippen molar-refractivity contribution in [1.82, 2.24) is 9.55 Å². The van der Waals surface area contributed by atoms with Crippen LogP contribution in [0.5, 0.6) is 0 Å². The van der Waals surface area contributed by atoms with Crippen LogP contribution in [-0.2, 0) is 13.0 Å². The highest BCUT2D eigenvalue weighted by Crippen LogP contribution is 2.12. The lowest BCUT2D eigenvalue weighted by Gasteiger charge is -2.02. The van der Waals surface area contributed by atoms with Crippen molar-refractivity contribution >= 4 is 5.69 Å². The largest absolute Gasteiger partial charge is 0.337 e. The van der Waals surface area contributed by atoms with Crippen LogP contribution in [0.4, 0.5) is 5.69 Å². The highest BCUT2D eigenvalue weighted by molar-refractivity contribution is 5.32. The summed E-state index contributed by atoms with van der Waals surface area (Å²) in [5, 5.41) is 10.5. The molecule has 0 atom stereocenters. The predicted molar refractivity (Wildman–Crippen MR) is 59.0 cm³/mol. The highest BCUT2D eigenvalue weighted by atomic mass is 16.6. The zero-order valence-corrected chi connectivity index (χ0v) is 8.61. The monoisotopic (exact) mass is 217 g/mol. The molecule has 0 unspecified atom stereocenters. The zero-order valence-electron chi connectivity index (χ0n) is 8.61. The van der Waals surface area contributed by atoms with Crippen molar-refractivity contribution in [3.05, 3.63) is 58.7 Å². The number of hydrogen-bond acceptors (Lipinski definition) is 3. The fourth-order valence-electron chi connectivity index (χ4n) is 1.46. The van der Waals surface area contributed by atoms with Gasteiger partial charge < -0.3 is 4.57 Å². The Balaban J connectivity index is 1.98. The summed E-state index contributed by atoms with van der Waals surface area (Å²) in [7, 11) is 0. The molecule has 1 aromatic carbocycles. The van der Waals surface area contributed by atoms with Gasteiger partial charge in [0.1, 0.15) is 0 Å². The summed E-state index contributed by atoms with van der Waals surface area (Å²) in [6.07, 6.45) is 6.22. The molecule has 82 valence electrons. The fraction of sp³-hybridized carbons (Fsp3) is 0.182. The van der Waals surface area contributed by atoms with Gasteiger partial charge in [-0.05, 0) is 12.0 Å². The maximum Gasteiger partial charge on any atom is 0.269 e. The lowest BCUT2D eigenvalue weighted by atomic mass is 10.1. The minimum atomic E-state index is -0.389. The van der Waals surface area contributed by atoms with Gasteiger partial charge in [-0.3, -0.25) is 10.1 Å². The summed E-state index contributed by atoms with van der Waals surface area (Å²) >= 11 is 0. The van der Waals surface area contributed by atoms with Crippen molar-refractivity contribution in [3.8, 4) is 0 Å². The molecule has 0 spiro atoms. The van der Waals surface area contributed by atoms with Crippen molar-refractivity contribution in [2.75, 3.05) is 0 Å². The second kappa shape index (κ2) is 4.57. The van der Waals surface area contributed by atoms with E-state index in [1.807, 2.05) is 10.8 Å². The fourth-order valence-corrected chi connectivity index (χ4v) is 1.46. The SMILES string of the molecule is O=[N+]([O-])c1ccc(CCn2ccnc2)cc1. The molecule has 2 aromatic rings. The van der Waals surface area contributed by atoms with E-state index in [0.29, 0.717) is 0 Å². The van der Waals surface area contributed by atoms with Crippen LogP contribution < -0.4 is 0 Å². The van der Waals surface area contributed by atoms with Crippen molar-refractivity contribution in [1.29, 1.82) is 0 Å². The Hall–Kier alpha value is -2.17. The van der Waals surface area contributed by atoms with Gasteiger partial charge in [0.25, 0.3) is 5.69 Å². The molecule has 1 heterocycles. The second-order valence-corrected chi connectivity index (χ2v) is 3.47. The number of benzene rings is 1. The van der Waals surface area contributed by atoms with Gasteiger partial charge in [0, 0.05) is 31.1 Å². The van der Waals surface area contributed by atoms with Crippen LogP contribution in [0.25, 0.3) is 0 Å². The number of hydrogen-bond donors (Lipinski definition) is 0. The number of aromatic nitrogens is 2. The maximum absolute atomic E-state index is 10.5. The molecule has 0 aliphatic rings. The Morgan fingerprint density at radius 3 is 2.62 bits per heavy atom. The zero-order chi connectivity index (χ0) is 11.4. The second-order valence-electron chi connectivity index (χ2n) is 3.47. The van der Waals surface area contributed by atoms with E-state index >= 15 is 0 Å². The number of aryl methyl sites for hydroxylation is 2. The predicted octanol–water partition coefficient (Wildman–Crippen LogP) is 2.03. The molecule has 0 aliphatic heterocycles. The van der Waals surface area contributed by atoms with E-state index in [-0.39, 0.29) is 10.6 Å². The van der Waals surface area contributed by atoms with Crippen LogP contribution in [0.2, 0.25) is 0 Å². The van der Waals surface area contributed by atoms with Gasteiger partial charge >= 0.3 is 0 Å². The van der Waals surface area contributed by atoms with Gasteiger partial charge in [-0.2, -0.15) is 0 Å². The molecule has 2 rings (SSSR count). The van der Waals surface area contributed by atoms with Crippen LogP contribution >= 0.6 is 0 Å². The average molecular weight is 217 g/mol. The van der Waals surface area contributed by atoms with E-state index in [1.165, 1.54) is 12.1 Å². The third-order valence-electron chi connectivity index (χ3n) is 2.37. The average Bonchev–Trinajstić information content (AvgIpc) is 2.80. The van der Waals surface area contributed by atoms with E-state index in [4.69, 9.17) is 0 Å². The number of nitro groups is 1. The molecular formula is C11H11N3O2. The number of rotatable bonds is 4. The van der Waals surface area contributed by atoms with Crippen molar-refractivity contribution < 1.29 is 4.92 Å². The van der Waals surface area contributed by atoms with Crippen LogP contribution in [-0.4, -0.2) is 14.5 Å². The van der Waals surface area contributed by atoms with E-state index in [1.54, 1.807) is 24.7 Å². The van der Waals surface area contributed by atoms with Gasteiger partial charge in [-0.15, -0.1) is 0 Å². The number of nitro benzene ring substituents is 1. The maximum atomic E-state index is 10.5. The topological polar surface area (TPSA) is 61.0 Å². The van der Waals surface area contributed by atoms with Gasteiger partial charge in [-0.1, -0.05) is 12.1 Å². The normalized spacial score (nSPS) is 10.2. The van der Waals surface area contributed by atoms with Crippen molar-refractivity contribution in [2.45, 2.75) is 13.0 Å². The van der Waals surface area contributed by atoms with Gasteiger partial charge in [0.05, 0.1) is 11.3 Å². The Morgan fingerprint density at radius 1 is 1.31 bits per heavy atom. The Morgan fingerprint density at radius 2 is 2.06 bits per heavy atom. The summed E-state index contributed by atoms with van der Waals surface area (Å²) in [5.74, 6) is 0. The van der Waals surface area contributed by atoms with Crippen molar-refractivity contribution in [3.63, 3.8) is 0 Å². The van der Waals surface area contributed by atoms with E-state index in [9.17, 15) is 10.1 Å². The highest BCUT2D eigenvalue weighted by Gasteiger charge is 2.03. The Bertz CT molecular complexity index is 462. The molecule has 0 N–H and O–H groups in total. The molecule has 16 heavy (non-hydrogen) atoms. The van der Waals surface area contributed by atoms with Crippen LogP contribution in [0.15, 0.2) is 43.0 Å². The molecule has 0 radical (unpaired) electrons.